The molecule has 0 aromatic rings. The van der Waals surface area contributed by atoms with E-state index in [2.05, 4.69) is 17.2 Å². The first kappa shape index (κ1) is 14.7. The van der Waals surface area contributed by atoms with Gasteiger partial charge >= 0.3 is 6.09 Å². The Bertz CT molecular complexity index is 483. The van der Waals surface area contributed by atoms with E-state index in [9.17, 15) is 4.79 Å². The number of carbonyl (C=O) groups excluding carboxylic acids is 1. The van der Waals surface area contributed by atoms with Crippen molar-refractivity contribution in [2.45, 2.75) is 45.3 Å². The molecule has 2 heterocycles. The van der Waals surface area contributed by atoms with Crippen LogP contribution in [0.5, 0.6) is 0 Å². The van der Waals surface area contributed by atoms with Crippen LogP contribution in [0, 0.1) is 11.8 Å². The Labute approximate surface area is 120 Å². The van der Waals surface area contributed by atoms with Crippen LogP contribution in [0.25, 0.3) is 0 Å². The Kier molecular flexibility index (Phi) is 4.51. The third-order valence-corrected chi connectivity index (χ3v) is 3.00. The zero-order chi connectivity index (χ0) is 14.6. The van der Waals surface area contributed by atoms with Crippen molar-refractivity contribution in [1.82, 2.24) is 10.2 Å². The molecule has 2 aliphatic rings. The second-order valence-electron chi connectivity index (χ2n) is 6.06. The molecule has 4 heteroatoms. The fourth-order valence-electron chi connectivity index (χ4n) is 2.07. The van der Waals surface area contributed by atoms with Crippen LogP contribution in [0.2, 0.25) is 0 Å². The van der Waals surface area contributed by atoms with Gasteiger partial charge in [-0.2, -0.15) is 0 Å². The van der Waals surface area contributed by atoms with Gasteiger partial charge in [-0.25, -0.2) is 4.79 Å². The highest BCUT2D eigenvalue weighted by Gasteiger charge is 2.22. The molecule has 108 valence electrons. The van der Waals surface area contributed by atoms with Gasteiger partial charge < -0.3 is 10.1 Å². The van der Waals surface area contributed by atoms with E-state index < -0.39 is 5.60 Å². The minimum Gasteiger partial charge on any atom is -0.443 e. The molecular weight excluding hydrogens is 252 g/mol. The molecule has 1 saturated heterocycles. The van der Waals surface area contributed by atoms with E-state index in [0.717, 1.165) is 18.5 Å². The van der Waals surface area contributed by atoms with Crippen LogP contribution in [-0.2, 0) is 4.74 Å². The summed E-state index contributed by atoms with van der Waals surface area (Å²) in [6.45, 7) is 7.11. The zero-order valence-electron chi connectivity index (χ0n) is 12.4. The van der Waals surface area contributed by atoms with Crippen LogP contribution in [0.15, 0.2) is 23.9 Å². The summed E-state index contributed by atoms with van der Waals surface area (Å²) in [5, 5.41) is 3.34. The molecule has 1 atom stereocenters. The molecule has 0 aromatic heterocycles. The average Bonchev–Trinajstić information content (AvgIpc) is 2.88. The van der Waals surface area contributed by atoms with Gasteiger partial charge in [-0.1, -0.05) is 11.8 Å². The third kappa shape index (κ3) is 4.43. The van der Waals surface area contributed by atoms with Gasteiger partial charge in [-0.05, 0) is 52.3 Å². The number of hydrogen-bond donors (Lipinski definition) is 1. The Balaban J connectivity index is 1.93. The molecule has 2 rings (SSSR count). The second-order valence-corrected chi connectivity index (χ2v) is 6.06. The monoisotopic (exact) mass is 274 g/mol. The predicted molar refractivity (Wildman–Crippen MR) is 79.0 cm³/mol. The van der Waals surface area contributed by atoms with E-state index in [1.54, 1.807) is 11.1 Å². The molecule has 0 radical (unpaired) electrons. The first-order valence-corrected chi connectivity index (χ1v) is 7.06. The highest BCUT2D eigenvalue weighted by molar-refractivity contribution is 5.70. The number of carbonyl (C=O) groups is 1. The maximum Gasteiger partial charge on any atom is 0.414 e. The van der Waals surface area contributed by atoms with Crippen molar-refractivity contribution in [3.63, 3.8) is 0 Å². The van der Waals surface area contributed by atoms with E-state index in [1.165, 1.54) is 6.42 Å². The zero-order valence-corrected chi connectivity index (χ0v) is 12.4. The van der Waals surface area contributed by atoms with E-state index in [4.69, 9.17) is 4.74 Å². The quantitative estimate of drug-likeness (QED) is 0.690. The topological polar surface area (TPSA) is 41.6 Å². The molecule has 0 aliphatic carbocycles. The maximum atomic E-state index is 12.0. The molecule has 20 heavy (non-hydrogen) atoms. The number of hydrogen-bond acceptors (Lipinski definition) is 3. The lowest BCUT2D eigenvalue weighted by Gasteiger charge is -2.26. The summed E-state index contributed by atoms with van der Waals surface area (Å²) in [5.41, 5.74) is 0.457. The highest BCUT2D eigenvalue weighted by Crippen LogP contribution is 2.14. The van der Waals surface area contributed by atoms with Gasteiger partial charge in [0.2, 0.25) is 0 Å². The third-order valence-electron chi connectivity index (χ3n) is 3.00. The van der Waals surface area contributed by atoms with E-state index in [1.807, 2.05) is 32.9 Å². The number of rotatable bonds is 0. The number of allylic oxidation sites excluding steroid dienone is 2. The van der Waals surface area contributed by atoms with Gasteiger partial charge in [0.05, 0.1) is 12.6 Å². The average molecular weight is 274 g/mol. The Morgan fingerprint density at radius 2 is 2.30 bits per heavy atom. The van der Waals surface area contributed by atoms with Crippen LogP contribution in [0.4, 0.5) is 4.79 Å². The van der Waals surface area contributed by atoms with Crippen molar-refractivity contribution < 1.29 is 9.53 Å². The van der Waals surface area contributed by atoms with Crippen molar-refractivity contribution in [3.05, 3.63) is 23.9 Å². The summed E-state index contributed by atoms with van der Waals surface area (Å²) in [6.07, 6.45) is 7.46. The van der Waals surface area contributed by atoms with E-state index in [-0.39, 0.29) is 12.1 Å². The fraction of sp³-hybridized carbons (Fsp3) is 0.562. The summed E-state index contributed by atoms with van der Waals surface area (Å²) >= 11 is 0. The first-order valence-electron chi connectivity index (χ1n) is 7.06. The molecular formula is C16H22N2O2. The molecule has 4 nitrogen and oxygen atoms in total. The standard InChI is InChI=1S/C16H22N2O2/c1-16(2,3)20-15(19)18-11-5-6-13(12-18)8-9-14-7-4-10-17-14/h5-6,11,14,17H,4,7,10,12H2,1-3H3. The minimum absolute atomic E-state index is 0.289. The summed E-state index contributed by atoms with van der Waals surface area (Å²) in [6, 6.07) is 0.289. The van der Waals surface area contributed by atoms with Crippen LogP contribution in [0.3, 0.4) is 0 Å². The van der Waals surface area contributed by atoms with Crippen molar-refractivity contribution in [2.75, 3.05) is 13.1 Å². The maximum absolute atomic E-state index is 12.0. The molecule has 0 aromatic carbocycles. The second kappa shape index (κ2) is 6.15. The number of nitrogens with one attached hydrogen (secondary N) is 1. The molecule has 0 spiro atoms. The number of nitrogens with zero attached hydrogens (tertiary/aromatic N) is 1. The normalized spacial score (nSPS) is 22.1. The largest absolute Gasteiger partial charge is 0.443 e. The number of ether oxygens (including phenoxy) is 1. The highest BCUT2D eigenvalue weighted by atomic mass is 16.6. The van der Waals surface area contributed by atoms with E-state index >= 15 is 0 Å². The summed E-state index contributed by atoms with van der Waals surface area (Å²) in [7, 11) is 0. The molecule has 2 aliphatic heterocycles. The molecule has 0 bridgehead atoms. The van der Waals surface area contributed by atoms with Gasteiger partial charge in [-0.15, -0.1) is 0 Å². The molecule has 1 amide bonds. The van der Waals surface area contributed by atoms with E-state index in [0.29, 0.717) is 6.54 Å². The van der Waals surface area contributed by atoms with Gasteiger partial charge in [0.25, 0.3) is 0 Å². The molecule has 0 saturated carbocycles. The van der Waals surface area contributed by atoms with Crippen LogP contribution < -0.4 is 5.32 Å². The minimum atomic E-state index is -0.480. The molecule has 1 fully saturated rings. The van der Waals surface area contributed by atoms with Crippen molar-refractivity contribution in [2.24, 2.45) is 0 Å². The summed E-state index contributed by atoms with van der Waals surface area (Å²) in [4.78, 5) is 13.5. The molecule has 1 N–H and O–H groups in total. The molecule has 1 unspecified atom stereocenters. The summed E-state index contributed by atoms with van der Waals surface area (Å²) < 4.78 is 5.35. The Hall–Kier alpha value is -1.73. The van der Waals surface area contributed by atoms with Crippen LogP contribution >= 0.6 is 0 Å². The first-order chi connectivity index (χ1) is 9.44. The Morgan fingerprint density at radius 3 is 2.95 bits per heavy atom. The van der Waals surface area contributed by atoms with Crippen molar-refractivity contribution in [1.29, 1.82) is 0 Å². The van der Waals surface area contributed by atoms with Gasteiger partial charge in [-0.3, -0.25) is 4.90 Å². The lowest BCUT2D eigenvalue weighted by molar-refractivity contribution is 0.0348. The van der Waals surface area contributed by atoms with Crippen molar-refractivity contribution in [3.8, 4) is 11.8 Å². The SMILES string of the molecule is CC(C)(C)OC(=O)N1C=CC=C(C#CC2CCCN2)C1. The van der Waals surface area contributed by atoms with Gasteiger partial charge in [0.15, 0.2) is 0 Å². The fourth-order valence-corrected chi connectivity index (χ4v) is 2.07. The van der Waals surface area contributed by atoms with Crippen LogP contribution in [-0.4, -0.2) is 35.7 Å². The van der Waals surface area contributed by atoms with Gasteiger partial charge in [0.1, 0.15) is 5.60 Å². The smallest absolute Gasteiger partial charge is 0.414 e. The van der Waals surface area contributed by atoms with Crippen molar-refractivity contribution >= 4 is 6.09 Å². The van der Waals surface area contributed by atoms with Gasteiger partial charge in [0, 0.05) is 11.8 Å². The Morgan fingerprint density at radius 1 is 1.50 bits per heavy atom. The van der Waals surface area contributed by atoms with Crippen LogP contribution in [0.1, 0.15) is 33.6 Å². The number of amides is 1. The lowest BCUT2D eigenvalue weighted by atomic mass is 10.1. The summed E-state index contributed by atoms with van der Waals surface area (Å²) in [5.74, 6) is 6.38. The lowest BCUT2D eigenvalue weighted by Crippen LogP contribution is -2.35. The predicted octanol–water partition coefficient (Wildman–Crippen LogP) is 2.43.